The molecule has 0 aliphatic rings. The number of nitrogens with one attached hydrogen (secondary N) is 2. The number of anilines is 2. The van der Waals surface area contributed by atoms with Crippen LogP contribution in [0, 0.1) is 13.8 Å². The number of carbonyl (C=O) groups is 1. The predicted octanol–water partition coefficient (Wildman–Crippen LogP) is 1.84. The molecule has 0 saturated heterocycles. The van der Waals surface area contributed by atoms with Gasteiger partial charge in [-0.05, 0) is 26.0 Å². The van der Waals surface area contributed by atoms with Gasteiger partial charge in [-0.3, -0.25) is 10.1 Å². The van der Waals surface area contributed by atoms with Crippen molar-refractivity contribution >= 4 is 28.2 Å². The highest BCUT2D eigenvalue weighted by atomic mass is 32.1. The fourth-order valence-electron chi connectivity index (χ4n) is 1.44. The lowest BCUT2D eigenvalue weighted by Gasteiger charge is -2.05. The van der Waals surface area contributed by atoms with Crippen LogP contribution < -0.4 is 10.6 Å². The van der Waals surface area contributed by atoms with E-state index in [1.807, 2.05) is 13.8 Å². The van der Waals surface area contributed by atoms with Gasteiger partial charge in [-0.1, -0.05) is 11.3 Å². The van der Waals surface area contributed by atoms with Crippen molar-refractivity contribution in [2.24, 2.45) is 0 Å². The smallest absolute Gasteiger partial charge is 0.257 e. The van der Waals surface area contributed by atoms with Gasteiger partial charge in [0.05, 0.1) is 0 Å². The summed E-state index contributed by atoms with van der Waals surface area (Å²) < 4.78 is 0. The molecule has 1 amide bonds. The minimum atomic E-state index is -0.215. The molecule has 6 nitrogen and oxygen atoms in total. The van der Waals surface area contributed by atoms with Crippen molar-refractivity contribution < 1.29 is 4.79 Å². The second-order valence-corrected chi connectivity index (χ2v) is 4.89. The maximum atomic E-state index is 12.0. The topological polar surface area (TPSA) is 79.8 Å². The number of hydrogen-bond acceptors (Lipinski definition) is 6. The Morgan fingerprint density at radius 1 is 1.28 bits per heavy atom. The molecular formula is C11H13N5OS. The predicted molar refractivity (Wildman–Crippen MR) is 71.1 cm³/mol. The molecule has 2 rings (SSSR count). The van der Waals surface area contributed by atoms with Gasteiger partial charge < -0.3 is 5.32 Å². The number of rotatable bonds is 3. The molecule has 0 spiro atoms. The molecule has 18 heavy (non-hydrogen) atoms. The second kappa shape index (κ2) is 5.09. The molecular weight excluding hydrogens is 250 g/mol. The third-order valence-corrected chi connectivity index (χ3v) is 2.97. The van der Waals surface area contributed by atoms with Crippen molar-refractivity contribution in [1.29, 1.82) is 0 Å². The van der Waals surface area contributed by atoms with Crippen molar-refractivity contribution in [3.05, 3.63) is 28.4 Å². The van der Waals surface area contributed by atoms with E-state index < -0.39 is 0 Å². The summed E-state index contributed by atoms with van der Waals surface area (Å²) in [6.45, 7) is 3.68. The van der Waals surface area contributed by atoms with Gasteiger partial charge in [0, 0.05) is 18.3 Å². The fourth-order valence-corrected chi connectivity index (χ4v) is 2.03. The van der Waals surface area contributed by atoms with E-state index in [9.17, 15) is 4.79 Å². The van der Waals surface area contributed by atoms with Crippen molar-refractivity contribution in [2.45, 2.75) is 13.8 Å². The van der Waals surface area contributed by atoms with Crippen molar-refractivity contribution in [1.82, 2.24) is 15.2 Å². The van der Waals surface area contributed by atoms with Gasteiger partial charge in [0.2, 0.25) is 5.13 Å². The highest BCUT2D eigenvalue weighted by molar-refractivity contribution is 7.15. The molecule has 0 fully saturated rings. The Kier molecular flexibility index (Phi) is 3.52. The molecule has 94 valence electrons. The Bertz CT molecular complexity index is 581. The summed E-state index contributed by atoms with van der Waals surface area (Å²) in [5.74, 6) is 0.446. The van der Waals surface area contributed by atoms with Crippen LogP contribution in [-0.4, -0.2) is 28.1 Å². The normalized spacial score (nSPS) is 10.2. The summed E-state index contributed by atoms with van der Waals surface area (Å²) >= 11 is 1.34. The highest BCUT2D eigenvalue weighted by Gasteiger charge is 2.10. The quantitative estimate of drug-likeness (QED) is 0.883. The average molecular weight is 263 g/mol. The minimum absolute atomic E-state index is 0.215. The lowest BCUT2D eigenvalue weighted by Crippen LogP contribution is -2.13. The number of nitrogens with zero attached hydrogens (tertiary/aromatic N) is 3. The van der Waals surface area contributed by atoms with E-state index in [0.717, 1.165) is 10.7 Å². The van der Waals surface area contributed by atoms with Crippen LogP contribution in [0.3, 0.4) is 0 Å². The van der Waals surface area contributed by atoms with Gasteiger partial charge in [0.1, 0.15) is 10.8 Å². The number of hydrogen-bond donors (Lipinski definition) is 2. The minimum Gasteiger partial charge on any atom is -0.373 e. The highest BCUT2D eigenvalue weighted by Crippen LogP contribution is 2.16. The van der Waals surface area contributed by atoms with E-state index >= 15 is 0 Å². The molecule has 2 N–H and O–H groups in total. The molecule has 7 heteroatoms. The molecule has 0 bridgehead atoms. The number of amides is 1. The summed E-state index contributed by atoms with van der Waals surface area (Å²) in [5.41, 5.74) is 1.32. The number of aryl methyl sites for hydroxylation is 2. The SMILES string of the molecule is CNc1cc(C(=O)Nc2nnc(C)s2)cc(C)n1. The zero-order valence-corrected chi connectivity index (χ0v) is 11.1. The monoisotopic (exact) mass is 263 g/mol. The molecule has 0 radical (unpaired) electrons. The van der Waals surface area contributed by atoms with E-state index in [4.69, 9.17) is 0 Å². The van der Waals surface area contributed by atoms with E-state index in [1.54, 1.807) is 19.2 Å². The van der Waals surface area contributed by atoms with Crippen LogP contribution in [0.25, 0.3) is 0 Å². The molecule has 0 aromatic carbocycles. The first-order valence-corrected chi connectivity index (χ1v) is 6.18. The van der Waals surface area contributed by atoms with Crippen molar-refractivity contribution in [3.63, 3.8) is 0 Å². The first-order valence-electron chi connectivity index (χ1n) is 5.36. The third-order valence-electron chi connectivity index (χ3n) is 2.22. The van der Waals surface area contributed by atoms with E-state index in [1.165, 1.54) is 11.3 Å². The molecule has 0 saturated carbocycles. The second-order valence-electron chi connectivity index (χ2n) is 3.71. The average Bonchev–Trinajstić information content (AvgIpc) is 2.73. The van der Waals surface area contributed by atoms with Gasteiger partial charge in [-0.15, -0.1) is 10.2 Å². The van der Waals surface area contributed by atoms with Crippen LogP contribution >= 0.6 is 11.3 Å². The van der Waals surface area contributed by atoms with Gasteiger partial charge in [0.15, 0.2) is 0 Å². The largest absolute Gasteiger partial charge is 0.373 e. The lowest BCUT2D eigenvalue weighted by atomic mass is 10.2. The van der Waals surface area contributed by atoms with E-state index in [2.05, 4.69) is 25.8 Å². The maximum absolute atomic E-state index is 12.0. The van der Waals surface area contributed by atoms with E-state index in [0.29, 0.717) is 16.5 Å². The van der Waals surface area contributed by atoms with Gasteiger partial charge >= 0.3 is 0 Å². The Hall–Kier alpha value is -2.02. The number of carbonyl (C=O) groups excluding carboxylic acids is 1. The molecule has 0 aliphatic carbocycles. The number of pyridine rings is 1. The molecule has 2 aromatic heterocycles. The Labute approximate surface area is 108 Å². The maximum Gasteiger partial charge on any atom is 0.257 e. The van der Waals surface area contributed by atoms with E-state index in [-0.39, 0.29) is 5.91 Å². The Balaban J connectivity index is 2.20. The fraction of sp³-hybridized carbons (Fsp3) is 0.273. The Morgan fingerprint density at radius 3 is 2.67 bits per heavy atom. The molecule has 2 aromatic rings. The standard InChI is InChI=1S/C11H13N5OS/c1-6-4-8(5-9(12-3)13-6)10(17)14-11-16-15-7(2)18-11/h4-5H,1-3H3,(H,12,13)(H,14,16,17). The van der Waals surface area contributed by atoms with Crippen LogP contribution in [0.2, 0.25) is 0 Å². The van der Waals surface area contributed by atoms with Crippen LogP contribution in [0.5, 0.6) is 0 Å². The third kappa shape index (κ3) is 2.80. The van der Waals surface area contributed by atoms with Crippen LogP contribution in [-0.2, 0) is 0 Å². The van der Waals surface area contributed by atoms with Crippen molar-refractivity contribution in [2.75, 3.05) is 17.7 Å². The Morgan fingerprint density at radius 2 is 2.06 bits per heavy atom. The zero-order valence-electron chi connectivity index (χ0n) is 10.3. The first kappa shape index (κ1) is 12.4. The first-order chi connectivity index (χ1) is 8.58. The molecule has 0 atom stereocenters. The summed E-state index contributed by atoms with van der Waals surface area (Å²) in [5, 5.41) is 14.6. The molecule has 0 unspecified atom stereocenters. The van der Waals surface area contributed by atoms with Gasteiger partial charge in [0.25, 0.3) is 5.91 Å². The summed E-state index contributed by atoms with van der Waals surface area (Å²) in [6, 6.07) is 3.42. The van der Waals surface area contributed by atoms with Gasteiger partial charge in [-0.2, -0.15) is 0 Å². The zero-order chi connectivity index (χ0) is 13.1. The summed E-state index contributed by atoms with van der Waals surface area (Å²) in [4.78, 5) is 16.2. The summed E-state index contributed by atoms with van der Waals surface area (Å²) in [6.07, 6.45) is 0. The van der Waals surface area contributed by atoms with Crippen LogP contribution in [0.4, 0.5) is 10.9 Å². The van der Waals surface area contributed by atoms with Crippen LogP contribution in [0.1, 0.15) is 21.1 Å². The van der Waals surface area contributed by atoms with Gasteiger partial charge in [-0.25, -0.2) is 4.98 Å². The number of aromatic nitrogens is 3. The van der Waals surface area contributed by atoms with Crippen LogP contribution in [0.15, 0.2) is 12.1 Å². The van der Waals surface area contributed by atoms with Crippen molar-refractivity contribution in [3.8, 4) is 0 Å². The lowest BCUT2D eigenvalue weighted by molar-refractivity contribution is 0.102. The molecule has 0 aliphatic heterocycles. The summed E-state index contributed by atoms with van der Waals surface area (Å²) in [7, 11) is 1.76. The molecule has 2 heterocycles.